The smallest absolute Gasteiger partial charge is 0.257 e. The molecule has 1 heterocycles. The average molecular weight is 405 g/mol. The SMILES string of the molecule is O=C(Cc1csc(NC(=O)c2ccc(F)cc2)n1)NCc1ccc(F)cc1F. The maximum absolute atomic E-state index is 13.6. The Hall–Kier alpha value is -3.20. The summed E-state index contributed by atoms with van der Waals surface area (Å²) in [6.45, 7) is -0.0801. The molecule has 1 aromatic heterocycles. The summed E-state index contributed by atoms with van der Waals surface area (Å²) in [4.78, 5) is 28.2. The van der Waals surface area contributed by atoms with Crippen LogP contribution in [0.5, 0.6) is 0 Å². The van der Waals surface area contributed by atoms with Gasteiger partial charge in [-0.25, -0.2) is 18.2 Å². The second kappa shape index (κ2) is 8.66. The Morgan fingerprint density at radius 3 is 2.43 bits per heavy atom. The molecule has 0 aliphatic heterocycles. The molecule has 0 saturated carbocycles. The highest BCUT2D eigenvalue weighted by Crippen LogP contribution is 2.17. The van der Waals surface area contributed by atoms with E-state index in [4.69, 9.17) is 0 Å². The molecule has 0 fully saturated rings. The summed E-state index contributed by atoms with van der Waals surface area (Å²) in [6.07, 6.45) is -0.0638. The van der Waals surface area contributed by atoms with E-state index in [1.807, 2.05) is 0 Å². The Morgan fingerprint density at radius 1 is 1.00 bits per heavy atom. The first-order valence-electron chi connectivity index (χ1n) is 8.12. The Labute approximate surface area is 162 Å². The van der Waals surface area contributed by atoms with Crippen LogP contribution in [-0.2, 0) is 17.8 Å². The third-order valence-electron chi connectivity index (χ3n) is 3.71. The highest BCUT2D eigenvalue weighted by atomic mass is 32.1. The molecule has 0 atom stereocenters. The first-order valence-corrected chi connectivity index (χ1v) is 9.00. The molecule has 2 aromatic carbocycles. The number of amides is 2. The molecule has 9 heteroatoms. The van der Waals surface area contributed by atoms with Gasteiger partial charge in [0.05, 0.1) is 12.1 Å². The van der Waals surface area contributed by atoms with E-state index in [0.717, 1.165) is 23.5 Å². The Kier molecular flexibility index (Phi) is 6.05. The fraction of sp³-hybridized carbons (Fsp3) is 0.105. The molecule has 0 spiro atoms. The Morgan fingerprint density at radius 2 is 1.71 bits per heavy atom. The number of carbonyl (C=O) groups is 2. The number of rotatable bonds is 6. The number of carbonyl (C=O) groups excluding carboxylic acids is 2. The first-order chi connectivity index (χ1) is 13.4. The van der Waals surface area contributed by atoms with Gasteiger partial charge in [0.1, 0.15) is 17.5 Å². The summed E-state index contributed by atoms with van der Waals surface area (Å²) < 4.78 is 39.3. The van der Waals surface area contributed by atoms with Crippen molar-refractivity contribution in [3.8, 4) is 0 Å². The Balaban J connectivity index is 1.53. The molecule has 2 N–H and O–H groups in total. The van der Waals surface area contributed by atoms with Gasteiger partial charge < -0.3 is 5.32 Å². The lowest BCUT2D eigenvalue weighted by molar-refractivity contribution is -0.120. The minimum Gasteiger partial charge on any atom is -0.352 e. The quantitative estimate of drug-likeness (QED) is 0.657. The number of halogens is 3. The molecule has 0 saturated heterocycles. The van der Waals surface area contributed by atoms with Gasteiger partial charge in [0.2, 0.25) is 5.91 Å². The van der Waals surface area contributed by atoms with Crippen LogP contribution in [0.25, 0.3) is 0 Å². The number of hydrogen-bond donors (Lipinski definition) is 2. The van der Waals surface area contributed by atoms with Gasteiger partial charge in [-0.1, -0.05) is 6.07 Å². The zero-order valence-corrected chi connectivity index (χ0v) is 15.2. The van der Waals surface area contributed by atoms with Crippen LogP contribution in [-0.4, -0.2) is 16.8 Å². The second-order valence-electron chi connectivity index (χ2n) is 5.79. The third kappa shape index (κ3) is 5.17. The zero-order chi connectivity index (χ0) is 20.1. The number of nitrogens with zero attached hydrogens (tertiary/aromatic N) is 1. The summed E-state index contributed by atoms with van der Waals surface area (Å²) in [5.74, 6) is -2.72. The molecule has 0 aliphatic rings. The van der Waals surface area contributed by atoms with Crippen molar-refractivity contribution in [2.45, 2.75) is 13.0 Å². The van der Waals surface area contributed by atoms with E-state index in [0.29, 0.717) is 10.8 Å². The topological polar surface area (TPSA) is 71.1 Å². The lowest BCUT2D eigenvalue weighted by Crippen LogP contribution is -2.25. The second-order valence-corrected chi connectivity index (χ2v) is 6.65. The normalized spacial score (nSPS) is 10.5. The van der Waals surface area contributed by atoms with E-state index < -0.39 is 29.3 Å². The predicted octanol–water partition coefficient (Wildman–Crippen LogP) is 3.67. The number of nitrogens with one attached hydrogen (secondary N) is 2. The molecule has 28 heavy (non-hydrogen) atoms. The van der Waals surface area contributed by atoms with Crippen LogP contribution in [0.4, 0.5) is 18.3 Å². The molecule has 0 aliphatic carbocycles. The van der Waals surface area contributed by atoms with Crippen molar-refractivity contribution in [2.24, 2.45) is 0 Å². The van der Waals surface area contributed by atoms with Crippen molar-refractivity contribution in [2.75, 3.05) is 5.32 Å². The fourth-order valence-corrected chi connectivity index (χ4v) is 3.01. The van der Waals surface area contributed by atoms with E-state index >= 15 is 0 Å². The Bertz CT molecular complexity index is 1010. The van der Waals surface area contributed by atoms with Gasteiger partial charge in [0.15, 0.2) is 5.13 Å². The summed E-state index contributed by atoms with van der Waals surface area (Å²) in [5, 5.41) is 7.00. The molecular weight excluding hydrogens is 391 g/mol. The van der Waals surface area contributed by atoms with E-state index in [2.05, 4.69) is 15.6 Å². The lowest BCUT2D eigenvalue weighted by atomic mass is 10.2. The van der Waals surface area contributed by atoms with Crippen LogP contribution in [0.15, 0.2) is 47.8 Å². The summed E-state index contributed by atoms with van der Waals surface area (Å²) in [6, 6.07) is 8.17. The van der Waals surface area contributed by atoms with Crippen molar-refractivity contribution in [1.82, 2.24) is 10.3 Å². The van der Waals surface area contributed by atoms with Gasteiger partial charge in [0, 0.05) is 29.1 Å². The monoisotopic (exact) mass is 405 g/mol. The number of benzene rings is 2. The van der Waals surface area contributed by atoms with Gasteiger partial charge in [-0.2, -0.15) is 0 Å². The standard InChI is InChI=1S/C19H14F3N3O2S/c20-13-4-1-11(2-5-13)18(27)25-19-24-15(10-28-19)8-17(26)23-9-12-3-6-14(21)7-16(12)22/h1-7,10H,8-9H2,(H,23,26)(H,24,25,27). The molecule has 0 bridgehead atoms. The van der Waals surface area contributed by atoms with Crippen LogP contribution in [0.3, 0.4) is 0 Å². The van der Waals surface area contributed by atoms with Crippen LogP contribution < -0.4 is 10.6 Å². The molecule has 144 valence electrons. The molecule has 5 nitrogen and oxygen atoms in total. The maximum Gasteiger partial charge on any atom is 0.257 e. The minimum atomic E-state index is -0.736. The predicted molar refractivity (Wildman–Crippen MR) is 98.4 cm³/mol. The molecule has 3 aromatic rings. The lowest BCUT2D eigenvalue weighted by Gasteiger charge is -2.05. The molecule has 3 rings (SSSR count). The van der Waals surface area contributed by atoms with Crippen molar-refractivity contribution < 1.29 is 22.8 Å². The van der Waals surface area contributed by atoms with E-state index in [1.165, 1.54) is 30.3 Å². The van der Waals surface area contributed by atoms with Crippen LogP contribution in [0.2, 0.25) is 0 Å². The van der Waals surface area contributed by atoms with Crippen LogP contribution in [0, 0.1) is 17.5 Å². The number of hydrogen-bond acceptors (Lipinski definition) is 4. The molecule has 2 amide bonds. The summed E-state index contributed by atoms with van der Waals surface area (Å²) in [7, 11) is 0. The van der Waals surface area contributed by atoms with Crippen molar-refractivity contribution in [3.63, 3.8) is 0 Å². The third-order valence-corrected chi connectivity index (χ3v) is 4.52. The number of anilines is 1. The van der Waals surface area contributed by atoms with Gasteiger partial charge in [0.25, 0.3) is 5.91 Å². The van der Waals surface area contributed by atoms with Gasteiger partial charge >= 0.3 is 0 Å². The van der Waals surface area contributed by atoms with Gasteiger partial charge in [-0.15, -0.1) is 11.3 Å². The number of thiazole rings is 1. The molecular formula is C19H14F3N3O2S. The number of aromatic nitrogens is 1. The highest BCUT2D eigenvalue weighted by Gasteiger charge is 2.12. The maximum atomic E-state index is 13.6. The van der Waals surface area contributed by atoms with E-state index in [9.17, 15) is 22.8 Å². The van der Waals surface area contributed by atoms with E-state index in [-0.39, 0.29) is 24.1 Å². The van der Waals surface area contributed by atoms with Crippen molar-refractivity contribution >= 4 is 28.3 Å². The van der Waals surface area contributed by atoms with Crippen molar-refractivity contribution in [3.05, 3.63) is 82.1 Å². The minimum absolute atomic E-state index is 0.0638. The zero-order valence-electron chi connectivity index (χ0n) is 14.3. The van der Waals surface area contributed by atoms with Gasteiger partial charge in [-0.3, -0.25) is 14.9 Å². The van der Waals surface area contributed by atoms with Crippen molar-refractivity contribution in [1.29, 1.82) is 0 Å². The molecule has 0 unspecified atom stereocenters. The summed E-state index contributed by atoms with van der Waals surface area (Å²) >= 11 is 1.14. The van der Waals surface area contributed by atoms with Gasteiger partial charge in [-0.05, 0) is 30.3 Å². The fourth-order valence-electron chi connectivity index (χ4n) is 2.30. The van der Waals surface area contributed by atoms with E-state index in [1.54, 1.807) is 5.38 Å². The largest absolute Gasteiger partial charge is 0.352 e. The van der Waals surface area contributed by atoms with Crippen LogP contribution in [0.1, 0.15) is 21.6 Å². The summed E-state index contributed by atoms with van der Waals surface area (Å²) in [5.41, 5.74) is 0.869. The first kappa shape index (κ1) is 19.6. The molecule has 0 radical (unpaired) electrons. The van der Waals surface area contributed by atoms with Crippen LogP contribution >= 0.6 is 11.3 Å². The average Bonchev–Trinajstić information content (AvgIpc) is 3.08. The highest BCUT2D eigenvalue weighted by molar-refractivity contribution is 7.14.